The van der Waals surface area contributed by atoms with E-state index in [-0.39, 0.29) is 25.9 Å². The second-order valence-corrected chi connectivity index (χ2v) is 2.56. The number of carboxylic acid groups (broad SMARTS) is 3. The van der Waals surface area contributed by atoms with Crippen LogP contribution in [0.2, 0.25) is 0 Å². The highest BCUT2D eigenvalue weighted by Crippen LogP contribution is 1.95. The van der Waals surface area contributed by atoms with E-state index in [0.717, 1.165) is 4.90 Å². The maximum atomic E-state index is 10.5. The fraction of sp³-hybridized carbons (Fsp3) is 0.571. The number of amides is 1. The van der Waals surface area contributed by atoms with Crippen molar-refractivity contribution in [3.63, 3.8) is 0 Å². The third kappa shape index (κ3) is 5.81. The summed E-state index contributed by atoms with van der Waals surface area (Å²) in [5, 5.41) is 25.1. The number of hydrogen-bond acceptors (Lipinski definition) is 3. The Balaban J connectivity index is 3.96. The fourth-order valence-electron chi connectivity index (χ4n) is 0.764. The molecule has 0 radical (unpaired) electrons. The summed E-state index contributed by atoms with van der Waals surface area (Å²) in [6.45, 7) is -0.393. The molecule has 7 heteroatoms. The summed E-state index contributed by atoms with van der Waals surface area (Å²) < 4.78 is 0. The molecule has 0 atom stereocenters. The Hall–Kier alpha value is -1.79. The van der Waals surface area contributed by atoms with Gasteiger partial charge in [0.1, 0.15) is 0 Å². The first-order valence-corrected chi connectivity index (χ1v) is 3.85. The molecule has 0 aromatic carbocycles. The van der Waals surface area contributed by atoms with Crippen molar-refractivity contribution >= 4 is 18.0 Å². The molecule has 7 nitrogen and oxygen atoms in total. The Morgan fingerprint density at radius 2 is 1.21 bits per heavy atom. The maximum Gasteiger partial charge on any atom is 0.407 e. The second kappa shape index (κ2) is 5.79. The molecule has 0 bridgehead atoms. The molecule has 80 valence electrons. The van der Waals surface area contributed by atoms with E-state index in [0.29, 0.717) is 0 Å². The minimum Gasteiger partial charge on any atom is -0.481 e. The van der Waals surface area contributed by atoms with E-state index >= 15 is 0 Å². The smallest absolute Gasteiger partial charge is 0.407 e. The van der Waals surface area contributed by atoms with Crippen LogP contribution in [0.5, 0.6) is 0 Å². The molecule has 0 saturated carbocycles. The van der Waals surface area contributed by atoms with Crippen LogP contribution in [0.3, 0.4) is 0 Å². The molecule has 1 amide bonds. The monoisotopic (exact) mass is 205 g/mol. The normalized spacial score (nSPS) is 9.43. The molecule has 0 aromatic rings. The van der Waals surface area contributed by atoms with Gasteiger partial charge < -0.3 is 20.2 Å². The third-order valence-electron chi connectivity index (χ3n) is 1.46. The average Bonchev–Trinajstić information content (AvgIpc) is 2.02. The third-order valence-corrected chi connectivity index (χ3v) is 1.46. The van der Waals surface area contributed by atoms with E-state index in [9.17, 15) is 14.4 Å². The minimum atomic E-state index is -1.31. The van der Waals surface area contributed by atoms with Crippen LogP contribution >= 0.6 is 0 Å². The summed E-state index contributed by atoms with van der Waals surface area (Å²) >= 11 is 0. The van der Waals surface area contributed by atoms with Crippen LogP contribution in [-0.2, 0) is 9.59 Å². The highest BCUT2D eigenvalue weighted by Gasteiger charge is 2.14. The SMILES string of the molecule is O=C(O)CCN(CCC(=O)O)C(=O)O. The minimum absolute atomic E-state index is 0.196. The van der Waals surface area contributed by atoms with Crippen molar-refractivity contribution in [3.05, 3.63) is 0 Å². The Kier molecular flexibility index (Phi) is 5.05. The summed E-state index contributed by atoms with van der Waals surface area (Å²) in [7, 11) is 0. The van der Waals surface area contributed by atoms with Crippen molar-refractivity contribution in [1.29, 1.82) is 0 Å². The van der Waals surface area contributed by atoms with Crippen molar-refractivity contribution in [2.45, 2.75) is 12.8 Å². The molecule has 0 heterocycles. The first kappa shape index (κ1) is 12.2. The molecule has 0 aliphatic rings. The molecule has 3 N–H and O–H groups in total. The standard InChI is InChI=1S/C7H11NO6/c9-5(10)1-3-8(7(13)14)4-2-6(11)12/h1-4H2,(H,9,10)(H,11,12)(H,13,14). The topological polar surface area (TPSA) is 115 Å². The molecule has 0 fully saturated rings. The van der Waals surface area contributed by atoms with E-state index in [2.05, 4.69) is 0 Å². The van der Waals surface area contributed by atoms with E-state index in [4.69, 9.17) is 15.3 Å². The predicted octanol–water partition coefficient (Wildman–Crippen LogP) is -0.0842. The fourth-order valence-corrected chi connectivity index (χ4v) is 0.764. The first-order valence-electron chi connectivity index (χ1n) is 3.85. The van der Waals surface area contributed by atoms with Gasteiger partial charge in [-0.2, -0.15) is 0 Å². The Morgan fingerprint density at radius 3 is 1.43 bits per heavy atom. The second-order valence-electron chi connectivity index (χ2n) is 2.56. The molecule has 0 spiro atoms. The number of carboxylic acids is 2. The number of hydrogen-bond donors (Lipinski definition) is 3. The lowest BCUT2D eigenvalue weighted by molar-refractivity contribution is -0.137. The van der Waals surface area contributed by atoms with Crippen molar-refractivity contribution in [3.8, 4) is 0 Å². The highest BCUT2D eigenvalue weighted by molar-refractivity contribution is 5.71. The number of carbonyl (C=O) groups is 3. The lowest BCUT2D eigenvalue weighted by atomic mass is 10.3. The van der Waals surface area contributed by atoms with Crippen molar-refractivity contribution in [1.82, 2.24) is 4.90 Å². The van der Waals surface area contributed by atoms with Crippen molar-refractivity contribution in [2.75, 3.05) is 13.1 Å². The molecule has 0 aliphatic heterocycles. The molecule has 14 heavy (non-hydrogen) atoms. The van der Waals surface area contributed by atoms with Crippen LogP contribution in [-0.4, -0.2) is 51.3 Å². The van der Waals surface area contributed by atoms with E-state index in [1.807, 2.05) is 0 Å². The quantitative estimate of drug-likeness (QED) is 0.558. The van der Waals surface area contributed by atoms with Crippen LogP contribution in [0.1, 0.15) is 12.8 Å². The largest absolute Gasteiger partial charge is 0.481 e. The summed E-state index contributed by atoms with van der Waals surface area (Å²) in [5.74, 6) is -2.24. The summed E-state index contributed by atoms with van der Waals surface area (Å²) in [5.41, 5.74) is 0. The number of nitrogens with zero attached hydrogens (tertiary/aromatic N) is 1. The average molecular weight is 205 g/mol. The van der Waals surface area contributed by atoms with Gasteiger partial charge in [-0.15, -0.1) is 0 Å². The molecule has 0 unspecified atom stereocenters. The molecular weight excluding hydrogens is 194 g/mol. The predicted molar refractivity (Wildman–Crippen MR) is 44.1 cm³/mol. The molecule has 0 aromatic heterocycles. The van der Waals surface area contributed by atoms with Gasteiger partial charge in [-0.1, -0.05) is 0 Å². The first-order chi connectivity index (χ1) is 6.43. The van der Waals surface area contributed by atoms with Crippen molar-refractivity contribution in [2.24, 2.45) is 0 Å². The zero-order valence-electron chi connectivity index (χ0n) is 7.34. The van der Waals surface area contributed by atoms with Crippen LogP contribution in [0.15, 0.2) is 0 Å². The number of rotatable bonds is 6. The molecule has 0 aliphatic carbocycles. The Bertz CT molecular complexity index is 220. The van der Waals surface area contributed by atoms with Gasteiger partial charge in [-0.25, -0.2) is 4.79 Å². The summed E-state index contributed by atoms with van der Waals surface area (Å²) in [4.78, 5) is 31.5. The lowest BCUT2D eigenvalue weighted by Crippen LogP contribution is -2.33. The molecule has 0 rings (SSSR count). The Labute approximate surface area is 79.6 Å². The van der Waals surface area contributed by atoms with Crippen LogP contribution in [0, 0.1) is 0 Å². The van der Waals surface area contributed by atoms with Crippen LogP contribution < -0.4 is 0 Å². The van der Waals surface area contributed by atoms with Gasteiger partial charge in [0.15, 0.2) is 0 Å². The zero-order valence-corrected chi connectivity index (χ0v) is 7.34. The summed E-state index contributed by atoms with van der Waals surface area (Å²) in [6.07, 6.45) is -1.97. The van der Waals surface area contributed by atoms with Gasteiger partial charge in [0.05, 0.1) is 12.8 Å². The lowest BCUT2D eigenvalue weighted by Gasteiger charge is -2.16. The number of aliphatic carboxylic acids is 2. The highest BCUT2D eigenvalue weighted by atomic mass is 16.4. The maximum absolute atomic E-state index is 10.5. The van der Waals surface area contributed by atoms with E-state index in [1.54, 1.807) is 0 Å². The van der Waals surface area contributed by atoms with Gasteiger partial charge in [0, 0.05) is 13.1 Å². The summed E-state index contributed by atoms with van der Waals surface area (Å²) in [6, 6.07) is 0. The van der Waals surface area contributed by atoms with Crippen LogP contribution in [0.25, 0.3) is 0 Å². The van der Waals surface area contributed by atoms with Gasteiger partial charge in [0.25, 0.3) is 0 Å². The van der Waals surface area contributed by atoms with Gasteiger partial charge in [-0.3, -0.25) is 9.59 Å². The molecular formula is C7H11NO6. The Morgan fingerprint density at radius 1 is 0.857 bits per heavy atom. The van der Waals surface area contributed by atoms with Crippen LogP contribution in [0.4, 0.5) is 4.79 Å². The van der Waals surface area contributed by atoms with Gasteiger partial charge in [-0.05, 0) is 0 Å². The van der Waals surface area contributed by atoms with E-state index in [1.165, 1.54) is 0 Å². The van der Waals surface area contributed by atoms with Gasteiger partial charge >= 0.3 is 18.0 Å². The molecule has 0 saturated heterocycles. The van der Waals surface area contributed by atoms with Gasteiger partial charge in [0.2, 0.25) is 0 Å². The van der Waals surface area contributed by atoms with E-state index < -0.39 is 18.0 Å². The van der Waals surface area contributed by atoms with Crippen molar-refractivity contribution < 1.29 is 29.7 Å². The zero-order chi connectivity index (χ0) is 11.1.